The van der Waals surface area contributed by atoms with E-state index in [1.165, 1.54) is 0 Å². The summed E-state index contributed by atoms with van der Waals surface area (Å²) in [6.07, 6.45) is 2.46. The van der Waals surface area contributed by atoms with Crippen molar-refractivity contribution in [2.45, 2.75) is 45.8 Å². The van der Waals surface area contributed by atoms with E-state index in [0.29, 0.717) is 6.54 Å². The highest BCUT2D eigenvalue weighted by Crippen LogP contribution is 2.28. The lowest BCUT2D eigenvalue weighted by molar-refractivity contribution is -0.101. The number of aliphatic hydroxyl groups is 1. The second-order valence-corrected chi connectivity index (χ2v) is 6.16. The lowest BCUT2D eigenvalue weighted by Gasteiger charge is -2.43. The Kier molecular flexibility index (Phi) is 5.00. The molecule has 2 N–H and O–H groups in total. The first-order valence-corrected chi connectivity index (χ1v) is 7.56. The van der Waals surface area contributed by atoms with Crippen molar-refractivity contribution in [3.63, 3.8) is 0 Å². The van der Waals surface area contributed by atoms with Crippen LogP contribution in [0.4, 0.5) is 11.6 Å². The van der Waals surface area contributed by atoms with E-state index in [-0.39, 0.29) is 18.3 Å². The van der Waals surface area contributed by atoms with Crippen molar-refractivity contribution in [2.75, 3.05) is 36.5 Å². The highest BCUT2D eigenvalue weighted by atomic mass is 16.5. The summed E-state index contributed by atoms with van der Waals surface area (Å²) in [4.78, 5) is 10.9. The minimum absolute atomic E-state index is 0.0189. The van der Waals surface area contributed by atoms with Gasteiger partial charge in [-0.05, 0) is 27.2 Å². The Morgan fingerprint density at radius 3 is 2.90 bits per heavy atom. The van der Waals surface area contributed by atoms with Gasteiger partial charge in [-0.1, -0.05) is 6.92 Å². The first-order valence-electron chi connectivity index (χ1n) is 7.56. The van der Waals surface area contributed by atoms with Crippen LogP contribution < -0.4 is 10.2 Å². The van der Waals surface area contributed by atoms with Gasteiger partial charge in [-0.3, -0.25) is 0 Å². The van der Waals surface area contributed by atoms with Crippen LogP contribution in [0.15, 0.2) is 6.33 Å². The molecule has 21 heavy (non-hydrogen) atoms. The lowest BCUT2D eigenvalue weighted by atomic mass is 10.0. The van der Waals surface area contributed by atoms with Gasteiger partial charge in [0.15, 0.2) is 0 Å². The SMILES string of the molecule is CCCNc1ncnc(N2CC(CO)OC(C)(C)C2)c1C. The fraction of sp³-hybridized carbons (Fsp3) is 0.733. The van der Waals surface area contributed by atoms with E-state index in [9.17, 15) is 5.11 Å². The van der Waals surface area contributed by atoms with Crippen LogP contribution in [-0.2, 0) is 4.74 Å². The number of nitrogens with zero attached hydrogens (tertiary/aromatic N) is 3. The van der Waals surface area contributed by atoms with Gasteiger partial charge in [-0.2, -0.15) is 0 Å². The normalized spacial score (nSPS) is 21.4. The molecule has 1 atom stereocenters. The van der Waals surface area contributed by atoms with Crippen LogP contribution in [0.25, 0.3) is 0 Å². The molecule has 1 fully saturated rings. The van der Waals surface area contributed by atoms with E-state index in [1.807, 2.05) is 20.8 Å². The molecule has 0 aliphatic carbocycles. The summed E-state index contributed by atoms with van der Waals surface area (Å²) >= 11 is 0. The van der Waals surface area contributed by atoms with E-state index in [2.05, 4.69) is 27.1 Å². The molecule has 1 aromatic heterocycles. The monoisotopic (exact) mass is 294 g/mol. The van der Waals surface area contributed by atoms with Crippen molar-refractivity contribution in [3.05, 3.63) is 11.9 Å². The molecule has 2 rings (SSSR count). The van der Waals surface area contributed by atoms with Gasteiger partial charge in [0.2, 0.25) is 0 Å². The Hall–Kier alpha value is -1.40. The second kappa shape index (κ2) is 6.58. The van der Waals surface area contributed by atoms with Crippen LogP contribution in [0.3, 0.4) is 0 Å². The highest BCUT2D eigenvalue weighted by Gasteiger charge is 2.34. The van der Waals surface area contributed by atoms with Crippen molar-refractivity contribution in [2.24, 2.45) is 0 Å². The van der Waals surface area contributed by atoms with Gasteiger partial charge in [-0.15, -0.1) is 0 Å². The summed E-state index contributed by atoms with van der Waals surface area (Å²) in [6.45, 7) is 10.5. The third kappa shape index (κ3) is 3.83. The zero-order chi connectivity index (χ0) is 15.5. The van der Waals surface area contributed by atoms with E-state index >= 15 is 0 Å². The number of nitrogens with one attached hydrogen (secondary N) is 1. The average molecular weight is 294 g/mol. The molecule has 1 aliphatic heterocycles. The Labute approximate surface area is 126 Å². The van der Waals surface area contributed by atoms with E-state index < -0.39 is 0 Å². The van der Waals surface area contributed by atoms with Crippen LogP contribution in [0, 0.1) is 6.92 Å². The summed E-state index contributed by atoms with van der Waals surface area (Å²) < 4.78 is 5.86. The molecule has 1 aliphatic rings. The maximum absolute atomic E-state index is 9.43. The third-order valence-electron chi connectivity index (χ3n) is 3.58. The molecule has 1 aromatic rings. The van der Waals surface area contributed by atoms with Crippen LogP contribution >= 0.6 is 0 Å². The third-order valence-corrected chi connectivity index (χ3v) is 3.58. The maximum atomic E-state index is 9.43. The van der Waals surface area contributed by atoms with Crippen LogP contribution in [-0.4, -0.2) is 53.0 Å². The molecule has 0 spiro atoms. The Balaban J connectivity index is 2.24. The molecule has 0 saturated carbocycles. The van der Waals surface area contributed by atoms with Crippen LogP contribution in [0.1, 0.15) is 32.8 Å². The smallest absolute Gasteiger partial charge is 0.137 e. The molecule has 0 amide bonds. The quantitative estimate of drug-likeness (QED) is 0.859. The molecular formula is C15H26N4O2. The first kappa shape index (κ1) is 16.0. The van der Waals surface area contributed by atoms with Crippen molar-refractivity contribution in [1.29, 1.82) is 0 Å². The first-order chi connectivity index (χ1) is 9.96. The predicted octanol–water partition coefficient (Wildman–Crippen LogP) is 1.58. The molecule has 6 nitrogen and oxygen atoms in total. The molecule has 1 saturated heterocycles. The van der Waals surface area contributed by atoms with Crippen molar-refractivity contribution in [1.82, 2.24) is 9.97 Å². The van der Waals surface area contributed by atoms with Gasteiger partial charge in [0, 0.05) is 25.2 Å². The van der Waals surface area contributed by atoms with Crippen molar-refractivity contribution in [3.8, 4) is 0 Å². The number of hydrogen-bond acceptors (Lipinski definition) is 6. The largest absolute Gasteiger partial charge is 0.394 e. The molecule has 6 heteroatoms. The molecule has 1 unspecified atom stereocenters. The van der Waals surface area contributed by atoms with Gasteiger partial charge in [0.1, 0.15) is 18.0 Å². The van der Waals surface area contributed by atoms with Gasteiger partial charge < -0.3 is 20.1 Å². The fourth-order valence-corrected chi connectivity index (χ4v) is 2.73. The number of morpholine rings is 1. The average Bonchev–Trinajstić information content (AvgIpc) is 2.44. The van der Waals surface area contributed by atoms with Crippen molar-refractivity contribution < 1.29 is 9.84 Å². The number of ether oxygens (including phenoxy) is 1. The molecule has 2 heterocycles. The highest BCUT2D eigenvalue weighted by molar-refractivity contribution is 5.58. The summed E-state index contributed by atoms with van der Waals surface area (Å²) in [5.41, 5.74) is 0.736. The zero-order valence-electron chi connectivity index (χ0n) is 13.4. The standard InChI is InChI=1S/C15H26N4O2/c1-5-6-16-13-11(2)14(18-10-17-13)19-7-12(8-20)21-15(3,4)9-19/h10,12,20H,5-9H2,1-4H3,(H,16,17,18). The maximum Gasteiger partial charge on any atom is 0.137 e. The Morgan fingerprint density at radius 1 is 1.48 bits per heavy atom. The number of anilines is 2. The minimum Gasteiger partial charge on any atom is -0.394 e. The second-order valence-electron chi connectivity index (χ2n) is 6.16. The van der Waals surface area contributed by atoms with E-state index in [1.54, 1.807) is 6.33 Å². The number of hydrogen-bond donors (Lipinski definition) is 2. The number of aliphatic hydroxyl groups excluding tert-OH is 1. The van der Waals surface area contributed by atoms with Crippen LogP contribution in [0.5, 0.6) is 0 Å². The summed E-state index contributed by atoms with van der Waals surface area (Å²) in [7, 11) is 0. The molecule has 0 bridgehead atoms. The minimum atomic E-state index is -0.306. The molecule has 118 valence electrons. The lowest BCUT2D eigenvalue weighted by Crippen LogP contribution is -2.54. The number of aromatic nitrogens is 2. The van der Waals surface area contributed by atoms with E-state index in [4.69, 9.17) is 4.74 Å². The van der Waals surface area contributed by atoms with Gasteiger partial charge in [0.25, 0.3) is 0 Å². The Bertz CT molecular complexity index is 479. The van der Waals surface area contributed by atoms with Crippen molar-refractivity contribution >= 4 is 11.6 Å². The fourth-order valence-electron chi connectivity index (χ4n) is 2.73. The molecular weight excluding hydrogens is 268 g/mol. The molecule has 0 radical (unpaired) electrons. The summed E-state index contributed by atoms with van der Waals surface area (Å²) in [5.74, 6) is 1.80. The van der Waals surface area contributed by atoms with Gasteiger partial charge in [0.05, 0.1) is 18.3 Å². The van der Waals surface area contributed by atoms with Crippen LogP contribution in [0.2, 0.25) is 0 Å². The summed E-state index contributed by atoms with van der Waals surface area (Å²) in [5, 5.41) is 12.8. The van der Waals surface area contributed by atoms with Gasteiger partial charge in [-0.25, -0.2) is 9.97 Å². The topological polar surface area (TPSA) is 70.5 Å². The Morgan fingerprint density at radius 2 is 2.24 bits per heavy atom. The number of rotatable bonds is 5. The van der Waals surface area contributed by atoms with Gasteiger partial charge >= 0.3 is 0 Å². The zero-order valence-corrected chi connectivity index (χ0v) is 13.4. The molecule has 0 aromatic carbocycles. The van der Waals surface area contributed by atoms with E-state index in [0.717, 1.165) is 36.7 Å². The predicted molar refractivity (Wildman–Crippen MR) is 83.8 cm³/mol. The summed E-state index contributed by atoms with van der Waals surface area (Å²) in [6, 6.07) is 0.